The molecule has 1 aromatic carbocycles. The van der Waals surface area contributed by atoms with Crippen LogP contribution in [-0.4, -0.2) is 31.5 Å². The third-order valence-corrected chi connectivity index (χ3v) is 14.0. The van der Waals surface area contributed by atoms with Gasteiger partial charge in [-0.1, -0.05) is 78.8 Å². The maximum Gasteiger partial charge on any atom is 0.192 e. The Bertz CT molecular complexity index is 918. The minimum atomic E-state index is -3.07. The Morgan fingerprint density at radius 1 is 1.06 bits per heavy atom. The van der Waals surface area contributed by atoms with Gasteiger partial charge in [-0.25, -0.2) is 8.57 Å². The summed E-state index contributed by atoms with van der Waals surface area (Å²) in [6.45, 7) is 19.2. The lowest BCUT2D eigenvalue weighted by Gasteiger charge is -2.40. The van der Waals surface area contributed by atoms with Gasteiger partial charge in [0.25, 0.3) is 0 Å². The van der Waals surface area contributed by atoms with Gasteiger partial charge in [0.15, 0.2) is 14.1 Å². The Kier molecular flexibility index (Phi) is 12.7. The summed E-state index contributed by atoms with van der Waals surface area (Å²) in [7, 11) is -3.41. The lowest BCUT2D eigenvalue weighted by molar-refractivity contribution is -0.114. The molecule has 0 spiro atoms. The molecule has 0 N–H and O–H groups in total. The van der Waals surface area contributed by atoms with Crippen LogP contribution in [0.4, 0.5) is 0 Å². The molecular formula is C28H47NO3SSi. The average Bonchev–Trinajstić information content (AvgIpc) is 2.84. The number of allylic oxidation sites excluding steroid dienone is 2. The highest BCUT2D eigenvalue weighted by atomic mass is 32.2. The van der Waals surface area contributed by atoms with Crippen molar-refractivity contribution < 1.29 is 13.4 Å². The fraction of sp³-hybridized carbons (Fsp3) is 0.607. The summed E-state index contributed by atoms with van der Waals surface area (Å²) in [6.07, 6.45) is 4.45. The van der Waals surface area contributed by atoms with Gasteiger partial charge in [0.05, 0.1) is 15.9 Å². The number of carbonyl (C=O) groups is 1. The summed E-state index contributed by atoms with van der Waals surface area (Å²) in [5, 5.41) is 0. The van der Waals surface area contributed by atoms with Gasteiger partial charge in [-0.2, -0.15) is 0 Å². The molecule has 0 aliphatic heterocycles. The van der Waals surface area contributed by atoms with Gasteiger partial charge in [-0.15, -0.1) is 6.58 Å². The first kappa shape index (κ1) is 30.5. The van der Waals surface area contributed by atoms with Crippen molar-refractivity contribution in [3.8, 4) is 0 Å². The van der Waals surface area contributed by atoms with Crippen molar-refractivity contribution >= 4 is 23.8 Å². The monoisotopic (exact) mass is 505 g/mol. The van der Waals surface area contributed by atoms with Crippen LogP contribution in [0.3, 0.4) is 0 Å². The van der Waals surface area contributed by atoms with Gasteiger partial charge in [0.2, 0.25) is 0 Å². The Hall–Kier alpha value is -1.50. The lowest BCUT2D eigenvalue weighted by atomic mass is 9.84. The molecule has 1 aromatic rings. The van der Waals surface area contributed by atoms with Crippen LogP contribution in [0, 0.1) is 17.8 Å². The Labute approximate surface area is 210 Å². The maximum absolute atomic E-state index is 14.4. The molecule has 0 aliphatic carbocycles. The molecule has 0 heterocycles. The summed E-state index contributed by atoms with van der Waals surface area (Å²) >= 11 is 0. The molecule has 0 saturated heterocycles. The molecule has 3 atom stereocenters. The Balaban J connectivity index is 3.77. The highest BCUT2D eigenvalue weighted by Gasteiger charge is 2.38. The highest BCUT2D eigenvalue weighted by Crippen LogP contribution is 2.35. The summed E-state index contributed by atoms with van der Waals surface area (Å²) in [5.41, 5.74) is 0. The molecule has 0 aliphatic rings. The minimum absolute atomic E-state index is 0.0505. The van der Waals surface area contributed by atoms with Gasteiger partial charge in [-0.05, 0) is 48.5 Å². The van der Waals surface area contributed by atoms with E-state index in [1.54, 1.807) is 25.3 Å². The minimum Gasteiger partial charge on any atom is -0.413 e. The molecule has 0 radical (unpaired) electrons. The first-order valence-electron chi connectivity index (χ1n) is 12.8. The third-order valence-electron chi connectivity index (χ3n) is 6.94. The molecule has 34 heavy (non-hydrogen) atoms. The molecular weight excluding hydrogens is 458 g/mol. The Morgan fingerprint density at radius 2 is 1.62 bits per heavy atom. The van der Waals surface area contributed by atoms with E-state index in [2.05, 4.69) is 59.4 Å². The van der Waals surface area contributed by atoms with Crippen LogP contribution in [0.5, 0.6) is 0 Å². The molecule has 0 bridgehead atoms. The smallest absolute Gasteiger partial charge is 0.192 e. The quantitative estimate of drug-likeness (QED) is 0.138. The largest absolute Gasteiger partial charge is 0.413 e. The number of ketones is 1. The zero-order valence-corrected chi connectivity index (χ0v) is 24.5. The van der Waals surface area contributed by atoms with E-state index in [1.807, 2.05) is 24.3 Å². The fourth-order valence-corrected chi connectivity index (χ4v) is 9.37. The van der Waals surface area contributed by atoms with Gasteiger partial charge in [0.1, 0.15) is 9.73 Å². The summed E-state index contributed by atoms with van der Waals surface area (Å²) in [6, 6.07) is 12.4. The summed E-state index contributed by atoms with van der Waals surface area (Å²) in [4.78, 5) is 14.4. The van der Waals surface area contributed by atoms with E-state index < -0.39 is 18.0 Å². The predicted molar refractivity (Wildman–Crippen MR) is 149 cm³/mol. The number of hydrogen-bond acceptors (Lipinski definition) is 4. The van der Waals surface area contributed by atoms with Crippen molar-refractivity contribution in [3.05, 3.63) is 54.0 Å². The molecule has 192 valence electrons. The van der Waals surface area contributed by atoms with E-state index in [4.69, 9.17) is 4.43 Å². The average molecular weight is 506 g/mol. The van der Waals surface area contributed by atoms with Gasteiger partial charge >= 0.3 is 0 Å². The second-order valence-corrected chi connectivity index (χ2v) is 16.7. The number of rotatable bonds is 15. The van der Waals surface area contributed by atoms with Crippen molar-refractivity contribution in [1.29, 1.82) is 0 Å². The van der Waals surface area contributed by atoms with Crippen molar-refractivity contribution in [3.63, 3.8) is 0 Å². The molecule has 0 amide bonds. The number of carbonyl (C=O) groups excluding carboxylic acids is 1. The van der Waals surface area contributed by atoms with Crippen LogP contribution in [0.15, 0.2) is 63.2 Å². The zero-order valence-electron chi connectivity index (χ0n) is 22.7. The number of benzene rings is 1. The first-order valence-corrected chi connectivity index (χ1v) is 16.8. The van der Waals surface area contributed by atoms with E-state index in [0.29, 0.717) is 16.2 Å². The molecule has 0 fully saturated rings. The van der Waals surface area contributed by atoms with Crippen molar-refractivity contribution in [1.82, 2.24) is 0 Å². The van der Waals surface area contributed by atoms with Crippen LogP contribution >= 0.6 is 0 Å². The second-order valence-electron chi connectivity index (χ2n) is 9.69. The standard InChI is InChI=1S/C28H47NO3SSi/c1-10-14-20-26(30)27(33(31,29-9)24-18-16-15-17-19-24)21-25(22(5)6)28(23(7)8)32-34(11-2,12-3)13-4/h10,15-19,21-23,25,28H,1,11-14,20H2,2-9H3/b27-21+/t25-,28-,33?/m0/s1. The lowest BCUT2D eigenvalue weighted by Crippen LogP contribution is -2.45. The highest BCUT2D eigenvalue weighted by molar-refractivity contribution is 7.98. The van der Waals surface area contributed by atoms with E-state index in [-0.39, 0.29) is 36.1 Å². The van der Waals surface area contributed by atoms with Crippen LogP contribution in [0.1, 0.15) is 61.3 Å². The first-order chi connectivity index (χ1) is 16.1. The van der Waals surface area contributed by atoms with Gasteiger partial charge < -0.3 is 4.43 Å². The van der Waals surface area contributed by atoms with Crippen molar-refractivity contribution in [2.24, 2.45) is 22.1 Å². The predicted octanol–water partition coefficient (Wildman–Crippen LogP) is 7.88. The SMILES string of the molecule is C=CCCC(=O)/C(=C\[C@@H](C(C)C)[C@@H](O[Si](CC)(CC)CC)C(C)C)S(=O)(=NC)c1ccccc1. The van der Waals surface area contributed by atoms with Crippen LogP contribution in [-0.2, 0) is 18.9 Å². The van der Waals surface area contributed by atoms with Gasteiger partial charge in [-0.3, -0.25) is 4.79 Å². The Morgan fingerprint density at radius 3 is 2.03 bits per heavy atom. The van der Waals surface area contributed by atoms with Gasteiger partial charge in [0, 0.05) is 19.4 Å². The summed E-state index contributed by atoms with van der Waals surface area (Å²) < 4.78 is 25.7. The molecule has 4 nitrogen and oxygen atoms in total. The van der Waals surface area contributed by atoms with Crippen molar-refractivity contribution in [2.45, 2.75) is 90.4 Å². The molecule has 0 aromatic heterocycles. The van der Waals surface area contributed by atoms with Crippen LogP contribution in [0.2, 0.25) is 18.1 Å². The molecule has 6 heteroatoms. The fourth-order valence-electron chi connectivity index (χ4n) is 4.42. The normalized spacial score (nSPS) is 16.2. The molecule has 0 saturated carbocycles. The van der Waals surface area contributed by atoms with E-state index in [9.17, 15) is 9.00 Å². The maximum atomic E-state index is 14.4. The zero-order chi connectivity index (χ0) is 25.9. The van der Waals surface area contributed by atoms with E-state index in [1.165, 1.54) is 0 Å². The van der Waals surface area contributed by atoms with E-state index >= 15 is 0 Å². The third kappa shape index (κ3) is 7.50. The number of Topliss-reactive ketones (excluding diaryl/α,β-unsaturated/α-hetero) is 1. The second kappa shape index (κ2) is 14.2. The number of nitrogens with zero attached hydrogens (tertiary/aromatic N) is 1. The molecule has 1 rings (SSSR count). The topological polar surface area (TPSA) is 55.7 Å². The van der Waals surface area contributed by atoms with Crippen molar-refractivity contribution in [2.75, 3.05) is 7.05 Å². The summed E-state index contributed by atoms with van der Waals surface area (Å²) in [5.74, 6) is 0.294. The number of hydrogen-bond donors (Lipinski definition) is 0. The van der Waals surface area contributed by atoms with Crippen LogP contribution in [0.25, 0.3) is 0 Å². The van der Waals surface area contributed by atoms with E-state index in [0.717, 1.165) is 18.1 Å². The van der Waals surface area contributed by atoms with Crippen LogP contribution < -0.4 is 0 Å². The molecule has 1 unspecified atom stereocenters.